The Morgan fingerprint density at radius 2 is 2.19 bits per heavy atom. The van der Waals surface area contributed by atoms with Crippen molar-refractivity contribution in [3.8, 4) is 5.88 Å². The summed E-state index contributed by atoms with van der Waals surface area (Å²) >= 11 is 0. The highest BCUT2D eigenvalue weighted by molar-refractivity contribution is 5.76. The lowest BCUT2D eigenvalue weighted by Gasteiger charge is -2.17. The van der Waals surface area contributed by atoms with E-state index >= 15 is 0 Å². The monoisotopic (exact) mass is 382 g/mol. The third-order valence-corrected chi connectivity index (χ3v) is 4.72. The van der Waals surface area contributed by atoms with Gasteiger partial charge in [-0.3, -0.25) is 9.89 Å². The predicted molar refractivity (Wildman–Crippen MR) is 91.2 cm³/mol. The minimum atomic E-state index is -4.44. The summed E-state index contributed by atoms with van der Waals surface area (Å²) in [5, 5.41) is 7.02. The Kier molecular flexibility index (Phi) is 5.38. The fraction of sp³-hybridized carbons (Fsp3) is 0.500. The molecule has 3 rings (SSSR count). The summed E-state index contributed by atoms with van der Waals surface area (Å²) in [6.07, 6.45) is -2.21. The molecule has 0 radical (unpaired) electrons. The molecule has 2 aromatic rings. The van der Waals surface area contributed by atoms with Crippen molar-refractivity contribution in [2.75, 3.05) is 13.1 Å². The number of nitrogens with zero attached hydrogens (tertiary/aromatic N) is 3. The largest absolute Gasteiger partial charge is 0.472 e. The van der Waals surface area contributed by atoms with Gasteiger partial charge in [-0.1, -0.05) is 0 Å². The number of H-pyrrole nitrogens is 1. The van der Waals surface area contributed by atoms with Crippen molar-refractivity contribution in [2.45, 2.75) is 45.4 Å². The molecule has 1 fully saturated rings. The third-order valence-electron chi connectivity index (χ3n) is 4.72. The van der Waals surface area contributed by atoms with Crippen LogP contribution < -0.4 is 4.74 Å². The highest BCUT2D eigenvalue weighted by atomic mass is 19.4. The van der Waals surface area contributed by atoms with E-state index in [0.29, 0.717) is 32.4 Å². The summed E-state index contributed by atoms with van der Waals surface area (Å²) in [5.41, 5.74) is 2.09. The molecule has 1 saturated heterocycles. The Bertz CT molecular complexity index is 800. The highest BCUT2D eigenvalue weighted by Gasteiger charge is 2.32. The zero-order chi connectivity index (χ0) is 19.6. The first-order chi connectivity index (χ1) is 12.7. The van der Waals surface area contributed by atoms with Crippen molar-refractivity contribution in [3.05, 3.63) is 40.8 Å². The number of alkyl halides is 3. The van der Waals surface area contributed by atoms with E-state index in [1.54, 1.807) is 4.90 Å². The van der Waals surface area contributed by atoms with E-state index in [-0.39, 0.29) is 17.9 Å². The number of aryl methyl sites for hydroxylation is 2. The van der Waals surface area contributed by atoms with Crippen LogP contribution in [0.3, 0.4) is 0 Å². The molecule has 2 aromatic heterocycles. The second kappa shape index (κ2) is 7.58. The van der Waals surface area contributed by atoms with Crippen LogP contribution in [-0.4, -0.2) is 45.2 Å². The van der Waals surface area contributed by atoms with E-state index in [9.17, 15) is 18.0 Å². The van der Waals surface area contributed by atoms with Gasteiger partial charge in [-0.25, -0.2) is 4.98 Å². The molecule has 0 spiro atoms. The van der Waals surface area contributed by atoms with Crippen molar-refractivity contribution in [1.29, 1.82) is 0 Å². The molecular formula is C18H21F3N4O2. The third kappa shape index (κ3) is 4.58. The maximum atomic E-state index is 12.8. The zero-order valence-electron chi connectivity index (χ0n) is 15.1. The summed E-state index contributed by atoms with van der Waals surface area (Å²) < 4.78 is 43.9. The van der Waals surface area contributed by atoms with Crippen molar-refractivity contribution < 1.29 is 22.7 Å². The van der Waals surface area contributed by atoms with Crippen LogP contribution in [0.4, 0.5) is 13.2 Å². The number of halogens is 3. The van der Waals surface area contributed by atoms with Crippen LogP contribution in [0, 0.1) is 13.8 Å². The van der Waals surface area contributed by atoms with Gasteiger partial charge in [0.2, 0.25) is 11.8 Å². The standard InChI is InChI=1S/C18H21F3N4O2/c1-11-15(12(2)24-23-11)3-4-17(26)25-8-6-14(10-25)27-16-9-13(5-7-22-16)18(19,20)21/h5,7,9,14H,3-4,6,8,10H2,1-2H3,(H,23,24). The van der Waals surface area contributed by atoms with Gasteiger partial charge in [0, 0.05) is 37.3 Å². The first-order valence-electron chi connectivity index (χ1n) is 8.72. The number of hydrogen-bond acceptors (Lipinski definition) is 4. The van der Waals surface area contributed by atoms with Gasteiger partial charge in [0.15, 0.2) is 0 Å². The van der Waals surface area contributed by atoms with Crippen LogP contribution in [0.1, 0.15) is 35.4 Å². The van der Waals surface area contributed by atoms with Gasteiger partial charge in [-0.05, 0) is 31.9 Å². The number of pyridine rings is 1. The van der Waals surface area contributed by atoms with E-state index in [1.807, 2.05) is 13.8 Å². The van der Waals surface area contributed by atoms with Crippen LogP contribution in [0.15, 0.2) is 18.3 Å². The molecule has 0 saturated carbocycles. The van der Waals surface area contributed by atoms with Gasteiger partial charge in [-0.15, -0.1) is 0 Å². The molecule has 1 amide bonds. The number of amides is 1. The maximum Gasteiger partial charge on any atom is 0.416 e. The molecule has 146 valence electrons. The minimum absolute atomic E-state index is 0.00176. The molecule has 1 aliphatic rings. The Labute approximate surface area is 154 Å². The van der Waals surface area contributed by atoms with Gasteiger partial charge < -0.3 is 9.64 Å². The van der Waals surface area contributed by atoms with E-state index < -0.39 is 11.7 Å². The average Bonchev–Trinajstić information content (AvgIpc) is 3.20. The Hall–Kier alpha value is -2.58. The topological polar surface area (TPSA) is 71.1 Å². The van der Waals surface area contributed by atoms with Crippen LogP contribution in [0.5, 0.6) is 5.88 Å². The molecular weight excluding hydrogens is 361 g/mol. The van der Waals surface area contributed by atoms with E-state index in [1.165, 1.54) is 0 Å². The number of likely N-dealkylation sites (tertiary alicyclic amines) is 1. The summed E-state index contributed by atoms with van der Waals surface area (Å²) in [5.74, 6) is -0.0770. The lowest BCUT2D eigenvalue weighted by atomic mass is 10.1. The molecule has 0 aliphatic carbocycles. The fourth-order valence-electron chi connectivity index (χ4n) is 3.20. The highest BCUT2D eigenvalue weighted by Crippen LogP contribution is 2.31. The smallest absolute Gasteiger partial charge is 0.416 e. The number of carbonyl (C=O) groups is 1. The number of aromatic nitrogens is 3. The van der Waals surface area contributed by atoms with E-state index in [4.69, 9.17) is 4.74 Å². The second-order valence-corrected chi connectivity index (χ2v) is 6.66. The number of aromatic amines is 1. The first-order valence-corrected chi connectivity index (χ1v) is 8.72. The normalized spacial score (nSPS) is 17.4. The molecule has 1 unspecified atom stereocenters. The van der Waals surface area contributed by atoms with Crippen molar-refractivity contribution in [2.24, 2.45) is 0 Å². The van der Waals surface area contributed by atoms with Crippen LogP contribution in [0.2, 0.25) is 0 Å². The van der Waals surface area contributed by atoms with Crippen LogP contribution in [0.25, 0.3) is 0 Å². The number of carbonyl (C=O) groups excluding carboxylic acids is 1. The van der Waals surface area contributed by atoms with Gasteiger partial charge >= 0.3 is 6.18 Å². The number of ether oxygens (including phenoxy) is 1. The van der Waals surface area contributed by atoms with Gasteiger partial charge in [-0.2, -0.15) is 18.3 Å². The van der Waals surface area contributed by atoms with Crippen LogP contribution in [-0.2, 0) is 17.4 Å². The van der Waals surface area contributed by atoms with E-state index in [0.717, 1.165) is 35.3 Å². The molecule has 1 aliphatic heterocycles. The minimum Gasteiger partial charge on any atom is -0.472 e. The zero-order valence-corrected chi connectivity index (χ0v) is 15.1. The lowest BCUT2D eigenvalue weighted by molar-refractivity contribution is -0.137. The Balaban J connectivity index is 1.53. The molecule has 27 heavy (non-hydrogen) atoms. The SMILES string of the molecule is Cc1n[nH]c(C)c1CCC(=O)N1CCC(Oc2cc(C(F)(F)F)ccn2)C1. The summed E-state index contributed by atoms with van der Waals surface area (Å²) in [7, 11) is 0. The lowest BCUT2D eigenvalue weighted by Crippen LogP contribution is -2.31. The molecule has 9 heteroatoms. The molecule has 3 heterocycles. The van der Waals surface area contributed by atoms with Gasteiger partial charge in [0.25, 0.3) is 0 Å². The number of hydrogen-bond donors (Lipinski definition) is 1. The first kappa shape index (κ1) is 19.2. The summed E-state index contributed by atoms with van der Waals surface area (Å²) in [6, 6.07) is 1.78. The average molecular weight is 382 g/mol. The molecule has 0 aromatic carbocycles. The van der Waals surface area contributed by atoms with Crippen molar-refractivity contribution >= 4 is 5.91 Å². The quantitative estimate of drug-likeness (QED) is 0.863. The Morgan fingerprint density at radius 1 is 1.41 bits per heavy atom. The van der Waals surface area contributed by atoms with Crippen molar-refractivity contribution in [3.63, 3.8) is 0 Å². The summed E-state index contributed by atoms with van der Waals surface area (Å²) in [6.45, 7) is 4.68. The van der Waals surface area contributed by atoms with Crippen LogP contribution >= 0.6 is 0 Å². The number of rotatable bonds is 5. The molecule has 1 N–H and O–H groups in total. The molecule has 0 bridgehead atoms. The number of nitrogens with one attached hydrogen (secondary N) is 1. The van der Waals surface area contributed by atoms with Crippen molar-refractivity contribution in [1.82, 2.24) is 20.1 Å². The summed E-state index contributed by atoms with van der Waals surface area (Å²) in [4.78, 5) is 17.9. The Morgan fingerprint density at radius 3 is 2.85 bits per heavy atom. The maximum absolute atomic E-state index is 12.8. The fourth-order valence-corrected chi connectivity index (χ4v) is 3.20. The molecule has 1 atom stereocenters. The second-order valence-electron chi connectivity index (χ2n) is 6.66. The van der Waals surface area contributed by atoms with Gasteiger partial charge in [0.05, 0.1) is 17.8 Å². The molecule has 6 nitrogen and oxygen atoms in total. The van der Waals surface area contributed by atoms with Gasteiger partial charge in [0.1, 0.15) is 6.10 Å². The van der Waals surface area contributed by atoms with E-state index in [2.05, 4.69) is 15.2 Å². The predicted octanol–water partition coefficient (Wildman–Crippen LogP) is 3.05.